The molecule has 0 fully saturated rings. The highest BCUT2D eigenvalue weighted by Gasteiger charge is 2.12. The number of nitrogens with one attached hydrogen (secondary N) is 1. The van der Waals surface area contributed by atoms with Crippen LogP contribution in [0.3, 0.4) is 0 Å². The van der Waals surface area contributed by atoms with Gasteiger partial charge in [-0.05, 0) is 38.6 Å². The lowest BCUT2D eigenvalue weighted by atomic mass is 10.2. The topological polar surface area (TPSA) is 52.6 Å². The molecule has 0 spiro atoms. The average molecular weight is 268 g/mol. The summed E-state index contributed by atoms with van der Waals surface area (Å²) in [5, 5.41) is 12.2. The normalized spacial score (nSPS) is 12.5. The standard InChI is InChI=1S/C14H21FN2O2/c1-4-10(2)17(3)8-7-16-14(19)12-9-11(15)5-6-13(12)18/h5-6,9-10,18H,4,7-8H2,1-3H3,(H,16,19). The van der Waals surface area contributed by atoms with Crippen LogP contribution in [0, 0.1) is 5.82 Å². The second kappa shape index (κ2) is 7.09. The highest BCUT2D eigenvalue weighted by molar-refractivity contribution is 5.96. The van der Waals surface area contributed by atoms with E-state index in [-0.39, 0.29) is 11.3 Å². The smallest absolute Gasteiger partial charge is 0.255 e. The molecule has 0 aromatic heterocycles. The van der Waals surface area contributed by atoms with Gasteiger partial charge in [0.05, 0.1) is 5.56 Å². The van der Waals surface area contributed by atoms with E-state index in [1.54, 1.807) is 0 Å². The van der Waals surface area contributed by atoms with Gasteiger partial charge in [0.1, 0.15) is 11.6 Å². The number of halogens is 1. The third-order valence-corrected chi connectivity index (χ3v) is 3.30. The predicted octanol–water partition coefficient (Wildman–Crippen LogP) is 1.99. The van der Waals surface area contributed by atoms with E-state index in [1.165, 1.54) is 6.07 Å². The molecule has 1 amide bonds. The molecular formula is C14H21FN2O2. The second-order valence-corrected chi connectivity index (χ2v) is 4.66. The molecule has 19 heavy (non-hydrogen) atoms. The molecule has 1 aromatic rings. The number of phenolic OH excluding ortho intramolecular Hbond substituents is 1. The zero-order valence-corrected chi connectivity index (χ0v) is 11.6. The summed E-state index contributed by atoms with van der Waals surface area (Å²) < 4.78 is 13.0. The van der Waals surface area contributed by atoms with Crippen LogP contribution in [-0.4, -0.2) is 42.1 Å². The van der Waals surface area contributed by atoms with Crippen molar-refractivity contribution in [3.05, 3.63) is 29.6 Å². The molecule has 0 bridgehead atoms. The van der Waals surface area contributed by atoms with Gasteiger partial charge in [-0.1, -0.05) is 6.92 Å². The van der Waals surface area contributed by atoms with Crippen molar-refractivity contribution in [3.63, 3.8) is 0 Å². The summed E-state index contributed by atoms with van der Waals surface area (Å²) >= 11 is 0. The number of aromatic hydroxyl groups is 1. The molecule has 1 unspecified atom stereocenters. The number of carbonyl (C=O) groups is 1. The third-order valence-electron chi connectivity index (χ3n) is 3.30. The number of nitrogens with zero attached hydrogens (tertiary/aromatic N) is 1. The van der Waals surface area contributed by atoms with Gasteiger partial charge >= 0.3 is 0 Å². The number of phenols is 1. The van der Waals surface area contributed by atoms with Gasteiger partial charge in [0.15, 0.2) is 0 Å². The molecule has 0 heterocycles. The first-order valence-corrected chi connectivity index (χ1v) is 6.42. The predicted molar refractivity (Wildman–Crippen MR) is 72.8 cm³/mol. The summed E-state index contributed by atoms with van der Waals surface area (Å²) in [6.45, 7) is 5.37. The fourth-order valence-corrected chi connectivity index (χ4v) is 1.66. The molecule has 0 aliphatic carbocycles. The Hall–Kier alpha value is -1.62. The highest BCUT2D eigenvalue weighted by atomic mass is 19.1. The summed E-state index contributed by atoms with van der Waals surface area (Å²) in [7, 11) is 1.99. The van der Waals surface area contributed by atoms with Crippen molar-refractivity contribution in [2.45, 2.75) is 26.3 Å². The van der Waals surface area contributed by atoms with Gasteiger partial charge in [0.2, 0.25) is 0 Å². The SMILES string of the molecule is CCC(C)N(C)CCNC(=O)c1cc(F)ccc1O. The summed E-state index contributed by atoms with van der Waals surface area (Å²) in [6, 6.07) is 3.76. The zero-order chi connectivity index (χ0) is 14.4. The van der Waals surface area contributed by atoms with Crippen LogP contribution in [0.4, 0.5) is 4.39 Å². The van der Waals surface area contributed by atoms with Crippen LogP contribution < -0.4 is 5.32 Å². The average Bonchev–Trinajstić information content (AvgIpc) is 2.40. The number of carbonyl (C=O) groups excluding carboxylic acids is 1. The first-order valence-electron chi connectivity index (χ1n) is 6.42. The maximum Gasteiger partial charge on any atom is 0.255 e. The quantitative estimate of drug-likeness (QED) is 0.829. The second-order valence-electron chi connectivity index (χ2n) is 4.66. The van der Waals surface area contributed by atoms with Crippen molar-refractivity contribution < 1.29 is 14.3 Å². The van der Waals surface area contributed by atoms with Gasteiger partial charge < -0.3 is 15.3 Å². The Morgan fingerprint density at radius 1 is 1.53 bits per heavy atom. The van der Waals surface area contributed by atoms with Crippen LogP contribution in [0.15, 0.2) is 18.2 Å². The lowest BCUT2D eigenvalue weighted by Gasteiger charge is -2.23. The first-order chi connectivity index (χ1) is 8.95. The molecule has 1 aromatic carbocycles. The van der Waals surface area contributed by atoms with Crippen molar-refractivity contribution >= 4 is 5.91 Å². The number of hydrogen-bond donors (Lipinski definition) is 2. The van der Waals surface area contributed by atoms with E-state index in [0.717, 1.165) is 18.6 Å². The van der Waals surface area contributed by atoms with Crippen LogP contribution in [-0.2, 0) is 0 Å². The van der Waals surface area contributed by atoms with E-state index in [2.05, 4.69) is 24.1 Å². The van der Waals surface area contributed by atoms with E-state index in [1.807, 2.05) is 7.05 Å². The Morgan fingerprint density at radius 2 is 2.21 bits per heavy atom. The third kappa shape index (κ3) is 4.52. The molecule has 5 heteroatoms. The Balaban J connectivity index is 2.50. The van der Waals surface area contributed by atoms with E-state index in [9.17, 15) is 14.3 Å². The van der Waals surface area contributed by atoms with Gasteiger partial charge in [-0.3, -0.25) is 4.79 Å². The van der Waals surface area contributed by atoms with E-state index in [0.29, 0.717) is 19.1 Å². The van der Waals surface area contributed by atoms with Crippen molar-refractivity contribution in [3.8, 4) is 5.75 Å². The molecular weight excluding hydrogens is 247 g/mol. The van der Waals surface area contributed by atoms with Crippen LogP contribution in [0.1, 0.15) is 30.6 Å². The highest BCUT2D eigenvalue weighted by Crippen LogP contribution is 2.17. The summed E-state index contributed by atoms with van der Waals surface area (Å²) in [5.74, 6) is -1.22. The van der Waals surface area contributed by atoms with Crippen molar-refractivity contribution in [2.24, 2.45) is 0 Å². The van der Waals surface area contributed by atoms with Crippen molar-refractivity contribution in [1.82, 2.24) is 10.2 Å². The molecule has 0 radical (unpaired) electrons. The Kier molecular flexibility index (Phi) is 5.76. The Bertz CT molecular complexity index is 437. The van der Waals surface area contributed by atoms with Gasteiger partial charge in [-0.25, -0.2) is 4.39 Å². The molecule has 0 saturated heterocycles. The minimum absolute atomic E-state index is 0.0359. The fraction of sp³-hybridized carbons (Fsp3) is 0.500. The molecule has 1 atom stereocenters. The fourth-order valence-electron chi connectivity index (χ4n) is 1.66. The molecule has 0 saturated carbocycles. The number of likely N-dealkylation sites (N-methyl/N-ethyl adjacent to an activating group) is 1. The number of benzene rings is 1. The lowest BCUT2D eigenvalue weighted by molar-refractivity contribution is 0.0944. The summed E-state index contributed by atoms with van der Waals surface area (Å²) in [5.41, 5.74) is -0.0359. The number of hydrogen-bond acceptors (Lipinski definition) is 3. The van der Waals surface area contributed by atoms with Crippen molar-refractivity contribution in [2.75, 3.05) is 20.1 Å². The van der Waals surface area contributed by atoms with Crippen molar-refractivity contribution in [1.29, 1.82) is 0 Å². The molecule has 4 nitrogen and oxygen atoms in total. The molecule has 0 aliphatic rings. The van der Waals surface area contributed by atoms with Crippen LogP contribution in [0.2, 0.25) is 0 Å². The number of rotatable bonds is 6. The number of amides is 1. The van der Waals surface area contributed by atoms with Gasteiger partial charge in [-0.15, -0.1) is 0 Å². The lowest BCUT2D eigenvalue weighted by Crippen LogP contribution is -2.37. The Morgan fingerprint density at radius 3 is 2.84 bits per heavy atom. The maximum atomic E-state index is 13.0. The summed E-state index contributed by atoms with van der Waals surface area (Å²) in [4.78, 5) is 13.9. The largest absolute Gasteiger partial charge is 0.507 e. The van der Waals surface area contributed by atoms with Gasteiger partial charge in [0.25, 0.3) is 5.91 Å². The first kappa shape index (κ1) is 15.4. The van der Waals surface area contributed by atoms with Crippen LogP contribution in [0.25, 0.3) is 0 Å². The molecule has 0 aliphatic heterocycles. The van der Waals surface area contributed by atoms with Crippen LogP contribution in [0.5, 0.6) is 5.75 Å². The van der Waals surface area contributed by atoms with Gasteiger partial charge in [-0.2, -0.15) is 0 Å². The maximum absolute atomic E-state index is 13.0. The minimum Gasteiger partial charge on any atom is -0.507 e. The van der Waals surface area contributed by atoms with E-state index < -0.39 is 11.7 Å². The summed E-state index contributed by atoms with van der Waals surface area (Å²) in [6.07, 6.45) is 1.04. The molecule has 106 valence electrons. The minimum atomic E-state index is -0.542. The van der Waals surface area contributed by atoms with E-state index in [4.69, 9.17) is 0 Å². The zero-order valence-electron chi connectivity index (χ0n) is 11.6. The Labute approximate surface area is 113 Å². The van der Waals surface area contributed by atoms with E-state index >= 15 is 0 Å². The molecule has 2 N–H and O–H groups in total. The molecule has 1 rings (SSSR count). The monoisotopic (exact) mass is 268 g/mol. The van der Waals surface area contributed by atoms with Crippen LogP contribution >= 0.6 is 0 Å². The van der Waals surface area contributed by atoms with Gasteiger partial charge in [0, 0.05) is 19.1 Å².